The fourth-order valence-corrected chi connectivity index (χ4v) is 2.94. The molecule has 0 radical (unpaired) electrons. The Morgan fingerprint density at radius 1 is 1.23 bits per heavy atom. The molecule has 146 valence electrons. The summed E-state index contributed by atoms with van der Waals surface area (Å²) >= 11 is 0. The average molecular weight is 364 g/mol. The fraction of sp³-hybridized carbons (Fsp3) is 0.650. The molecule has 1 heterocycles. The molecular formula is C20H33N3O3. The molecule has 2 N–H and O–H groups in total. The van der Waals surface area contributed by atoms with Gasteiger partial charge < -0.3 is 24.8 Å². The van der Waals surface area contributed by atoms with E-state index in [9.17, 15) is 0 Å². The summed E-state index contributed by atoms with van der Waals surface area (Å²) in [5.74, 6) is 1.18. The maximum absolute atomic E-state index is 5.80. The van der Waals surface area contributed by atoms with Crippen LogP contribution in [0.2, 0.25) is 0 Å². The summed E-state index contributed by atoms with van der Waals surface area (Å²) in [5, 5.41) is 6.76. The molecule has 0 saturated carbocycles. The Hall–Kier alpha value is -1.63. The van der Waals surface area contributed by atoms with Crippen LogP contribution in [0.15, 0.2) is 35.3 Å². The van der Waals surface area contributed by atoms with Crippen molar-refractivity contribution in [2.75, 3.05) is 47.1 Å². The number of hydrogen-bond acceptors (Lipinski definition) is 4. The first-order chi connectivity index (χ1) is 12.7. The lowest BCUT2D eigenvalue weighted by Gasteiger charge is -2.36. The van der Waals surface area contributed by atoms with Crippen molar-refractivity contribution in [2.24, 2.45) is 10.9 Å². The van der Waals surface area contributed by atoms with Crippen molar-refractivity contribution >= 4 is 5.96 Å². The number of ether oxygens (including phenoxy) is 3. The second-order valence-electron chi connectivity index (χ2n) is 6.91. The van der Waals surface area contributed by atoms with Gasteiger partial charge in [-0.15, -0.1) is 0 Å². The van der Waals surface area contributed by atoms with E-state index in [1.54, 1.807) is 14.2 Å². The zero-order valence-corrected chi connectivity index (χ0v) is 16.3. The number of rotatable bonds is 9. The molecule has 1 aliphatic heterocycles. The monoisotopic (exact) mass is 363 g/mol. The number of aliphatic imine (C=N–C) groups is 1. The number of methoxy groups -OCH3 is 1. The molecule has 26 heavy (non-hydrogen) atoms. The lowest BCUT2D eigenvalue weighted by Crippen LogP contribution is -2.51. The summed E-state index contributed by atoms with van der Waals surface area (Å²) in [6.45, 7) is 6.55. The van der Waals surface area contributed by atoms with Crippen LogP contribution >= 0.6 is 0 Å². The minimum atomic E-state index is -0.166. The molecule has 0 amide bonds. The van der Waals surface area contributed by atoms with Crippen molar-refractivity contribution in [3.05, 3.63) is 35.9 Å². The number of hydrogen-bond donors (Lipinski definition) is 2. The van der Waals surface area contributed by atoms with Gasteiger partial charge in [0, 0.05) is 53.3 Å². The molecule has 1 saturated heterocycles. The number of guanidine groups is 1. The predicted molar refractivity (Wildman–Crippen MR) is 104 cm³/mol. The standard InChI is InChI=1S/C20H33N3O3/c1-17(14-26-15-18-7-5-4-6-8-18)13-22-19(21-2)23-16-20(24-3)9-11-25-12-10-20/h4-8,17H,9-16H2,1-3H3,(H2,21,22,23). The first-order valence-electron chi connectivity index (χ1n) is 9.36. The maximum atomic E-state index is 5.80. The van der Waals surface area contributed by atoms with Gasteiger partial charge in [-0.3, -0.25) is 4.99 Å². The van der Waals surface area contributed by atoms with Crippen molar-refractivity contribution < 1.29 is 14.2 Å². The lowest BCUT2D eigenvalue weighted by atomic mass is 9.94. The van der Waals surface area contributed by atoms with Gasteiger partial charge in [0.2, 0.25) is 0 Å². The lowest BCUT2D eigenvalue weighted by molar-refractivity contribution is -0.0855. The molecule has 0 spiro atoms. The van der Waals surface area contributed by atoms with Gasteiger partial charge in [0.05, 0.1) is 18.8 Å². The summed E-state index contributed by atoms with van der Waals surface area (Å²) in [7, 11) is 3.56. The smallest absolute Gasteiger partial charge is 0.191 e. The number of benzene rings is 1. The number of nitrogens with zero attached hydrogens (tertiary/aromatic N) is 1. The van der Waals surface area contributed by atoms with E-state index in [0.29, 0.717) is 19.1 Å². The van der Waals surface area contributed by atoms with Gasteiger partial charge in [0.25, 0.3) is 0 Å². The van der Waals surface area contributed by atoms with Crippen LogP contribution in [0.4, 0.5) is 0 Å². The SMILES string of the molecule is CN=C(NCC(C)COCc1ccccc1)NCC1(OC)CCOCC1. The summed E-state index contributed by atoms with van der Waals surface area (Å²) in [6, 6.07) is 10.2. The molecule has 1 aromatic rings. The highest BCUT2D eigenvalue weighted by atomic mass is 16.5. The third kappa shape index (κ3) is 6.94. The Bertz CT molecular complexity index is 530. The molecule has 1 fully saturated rings. The summed E-state index contributed by atoms with van der Waals surface area (Å²) in [4.78, 5) is 4.30. The van der Waals surface area contributed by atoms with E-state index in [1.165, 1.54) is 5.56 Å². The van der Waals surface area contributed by atoms with Gasteiger partial charge in [-0.2, -0.15) is 0 Å². The van der Waals surface area contributed by atoms with Gasteiger partial charge in [-0.05, 0) is 11.5 Å². The highest BCUT2D eigenvalue weighted by Crippen LogP contribution is 2.23. The second kappa shape index (κ2) is 11.2. The van der Waals surface area contributed by atoms with E-state index in [-0.39, 0.29) is 5.60 Å². The second-order valence-corrected chi connectivity index (χ2v) is 6.91. The van der Waals surface area contributed by atoms with Crippen LogP contribution in [0.1, 0.15) is 25.3 Å². The van der Waals surface area contributed by atoms with E-state index in [4.69, 9.17) is 14.2 Å². The normalized spacial score (nSPS) is 18.3. The van der Waals surface area contributed by atoms with E-state index < -0.39 is 0 Å². The van der Waals surface area contributed by atoms with Gasteiger partial charge in [-0.25, -0.2) is 0 Å². The average Bonchev–Trinajstić information content (AvgIpc) is 2.69. The third-order valence-corrected chi connectivity index (χ3v) is 4.77. The highest BCUT2D eigenvalue weighted by molar-refractivity contribution is 5.79. The van der Waals surface area contributed by atoms with Gasteiger partial charge in [-0.1, -0.05) is 37.3 Å². The van der Waals surface area contributed by atoms with Gasteiger partial charge in [0.1, 0.15) is 0 Å². The Morgan fingerprint density at radius 3 is 2.62 bits per heavy atom. The van der Waals surface area contributed by atoms with E-state index in [0.717, 1.165) is 45.1 Å². The summed E-state index contributed by atoms with van der Waals surface area (Å²) < 4.78 is 17.0. The van der Waals surface area contributed by atoms with Crippen LogP contribution < -0.4 is 10.6 Å². The summed E-state index contributed by atoms with van der Waals surface area (Å²) in [6.07, 6.45) is 1.80. The fourth-order valence-electron chi connectivity index (χ4n) is 2.94. The third-order valence-electron chi connectivity index (χ3n) is 4.77. The van der Waals surface area contributed by atoms with Gasteiger partial charge >= 0.3 is 0 Å². The molecular weight excluding hydrogens is 330 g/mol. The van der Waals surface area contributed by atoms with Crippen molar-refractivity contribution in [2.45, 2.75) is 32.0 Å². The maximum Gasteiger partial charge on any atom is 0.191 e. The predicted octanol–water partition coefficient (Wildman–Crippen LogP) is 2.20. The molecule has 0 aromatic heterocycles. The Labute approximate surface area is 157 Å². The topological polar surface area (TPSA) is 64.1 Å². The quantitative estimate of drug-likeness (QED) is 0.520. The Kier molecular flexibility index (Phi) is 8.88. The van der Waals surface area contributed by atoms with Crippen LogP contribution in [0, 0.1) is 5.92 Å². The zero-order chi connectivity index (χ0) is 18.7. The molecule has 6 nitrogen and oxygen atoms in total. The molecule has 1 aliphatic rings. The van der Waals surface area contributed by atoms with Crippen LogP contribution in [0.3, 0.4) is 0 Å². The minimum Gasteiger partial charge on any atom is -0.381 e. The van der Waals surface area contributed by atoms with Crippen LogP contribution in [0.5, 0.6) is 0 Å². The van der Waals surface area contributed by atoms with Crippen molar-refractivity contribution in [3.63, 3.8) is 0 Å². The molecule has 2 rings (SSSR count). The van der Waals surface area contributed by atoms with Crippen LogP contribution in [0.25, 0.3) is 0 Å². The zero-order valence-electron chi connectivity index (χ0n) is 16.3. The first-order valence-corrected chi connectivity index (χ1v) is 9.36. The molecule has 1 unspecified atom stereocenters. The Morgan fingerprint density at radius 2 is 1.96 bits per heavy atom. The summed E-state index contributed by atoms with van der Waals surface area (Å²) in [5.41, 5.74) is 1.03. The van der Waals surface area contributed by atoms with Crippen molar-refractivity contribution in [1.82, 2.24) is 10.6 Å². The first kappa shape index (κ1) is 20.7. The largest absolute Gasteiger partial charge is 0.381 e. The molecule has 0 bridgehead atoms. The van der Waals surface area contributed by atoms with Crippen molar-refractivity contribution in [3.8, 4) is 0 Å². The van der Waals surface area contributed by atoms with E-state index in [1.807, 2.05) is 18.2 Å². The molecule has 1 aromatic carbocycles. The molecule has 1 atom stereocenters. The number of nitrogens with one attached hydrogen (secondary N) is 2. The van der Waals surface area contributed by atoms with E-state index in [2.05, 4.69) is 34.7 Å². The van der Waals surface area contributed by atoms with Crippen LogP contribution in [-0.4, -0.2) is 58.6 Å². The molecule has 0 aliphatic carbocycles. The Balaban J connectivity index is 1.65. The highest BCUT2D eigenvalue weighted by Gasteiger charge is 2.32. The molecule has 6 heteroatoms. The van der Waals surface area contributed by atoms with Crippen LogP contribution in [-0.2, 0) is 20.8 Å². The van der Waals surface area contributed by atoms with Gasteiger partial charge in [0.15, 0.2) is 5.96 Å². The van der Waals surface area contributed by atoms with Crippen molar-refractivity contribution in [1.29, 1.82) is 0 Å². The minimum absolute atomic E-state index is 0.166. The van der Waals surface area contributed by atoms with E-state index >= 15 is 0 Å².